The number of methoxy groups -OCH3 is 2. The van der Waals surface area contributed by atoms with Gasteiger partial charge in [-0.1, -0.05) is 0 Å². The molecule has 0 aliphatic carbocycles. The molecule has 1 atom stereocenters. The van der Waals surface area contributed by atoms with E-state index in [1.807, 2.05) is 0 Å². The average molecular weight is 414 g/mol. The molecule has 0 aromatic heterocycles. The van der Waals surface area contributed by atoms with Crippen molar-refractivity contribution in [2.75, 3.05) is 30.1 Å². The molecule has 28 heavy (non-hydrogen) atoms. The third-order valence-corrected chi connectivity index (χ3v) is 5.15. The number of sulfonamides is 1. The maximum Gasteiger partial charge on any atom is 0.248 e. The summed E-state index contributed by atoms with van der Waals surface area (Å²) in [5, 5.41) is 2.57. The molecule has 2 rings (SSSR count). The molecule has 0 aliphatic rings. The predicted molar refractivity (Wildman–Crippen MR) is 101 cm³/mol. The minimum atomic E-state index is -3.99. The summed E-state index contributed by atoms with van der Waals surface area (Å²) >= 11 is 0. The zero-order valence-electron chi connectivity index (χ0n) is 15.7. The molecule has 0 radical (unpaired) electrons. The van der Waals surface area contributed by atoms with Gasteiger partial charge in [0.1, 0.15) is 17.5 Å². The standard InChI is InChI=1S/C18H20F2N2O5S/c1-11(18(23)21-16-10-13(26-2)6-8-17(16)27-3)22(28(4,24)25)12-5-7-14(19)15(20)9-12/h5-11H,1-4H3,(H,21,23). The number of amides is 1. The fourth-order valence-electron chi connectivity index (χ4n) is 2.58. The number of rotatable bonds is 7. The molecule has 0 aliphatic heterocycles. The lowest BCUT2D eigenvalue weighted by atomic mass is 10.2. The van der Waals surface area contributed by atoms with E-state index in [-0.39, 0.29) is 11.4 Å². The zero-order valence-corrected chi connectivity index (χ0v) is 16.5. The topological polar surface area (TPSA) is 84.9 Å². The van der Waals surface area contributed by atoms with Crippen molar-refractivity contribution < 1.29 is 31.5 Å². The van der Waals surface area contributed by atoms with E-state index < -0.39 is 33.6 Å². The van der Waals surface area contributed by atoms with Gasteiger partial charge in [0, 0.05) is 12.1 Å². The van der Waals surface area contributed by atoms with Crippen molar-refractivity contribution >= 4 is 27.3 Å². The fraction of sp³-hybridized carbons (Fsp3) is 0.278. The molecular formula is C18H20F2N2O5S. The van der Waals surface area contributed by atoms with Crippen molar-refractivity contribution in [1.29, 1.82) is 0 Å². The van der Waals surface area contributed by atoms with E-state index >= 15 is 0 Å². The van der Waals surface area contributed by atoms with Gasteiger partial charge in [0.15, 0.2) is 11.6 Å². The van der Waals surface area contributed by atoms with Crippen LogP contribution in [-0.4, -0.2) is 40.8 Å². The van der Waals surface area contributed by atoms with Gasteiger partial charge in [0.25, 0.3) is 0 Å². The average Bonchev–Trinajstić information content (AvgIpc) is 2.63. The number of nitrogens with one attached hydrogen (secondary N) is 1. The molecule has 2 aromatic rings. The largest absolute Gasteiger partial charge is 0.497 e. The molecule has 0 saturated carbocycles. The Morgan fingerprint density at radius 1 is 1.07 bits per heavy atom. The van der Waals surface area contributed by atoms with Crippen molar-refractivity contribution in [3.8, 4) is 11.5 Å². The molecular weight excluding hydrogens is 394 g/mol. The van der Waals surface area contributed by atoms with Crippen LogP contribution in [0.25, 0.3) is 0 Å². The van der Waals surface area contributed by atoms with E-state index in [1.165, 1.54) is 27.2 Å². The number of hydrogen-bond donors (Lipinski definition) is 1. The Balaban J connectivity index is 2.38. The molecule has 0 spiro atoms. The van der Waals surface area contributed by atoms with Gasteiger partial charge in [-0.05, 0) is 31.2 Å². The van der Waals surface area contributed by atoms with Crippen molar-refractivity contribution in [3.05, 3.63) is 48.0 Å². The molecule has 1 unspecified atom stereocenters. The smallest absolute Gasteiger partial charge is 0.248 e. The second-order valence-electron chi connectivity index (χ2n) is 5.89. The lowest BCUT2D eigenvalue weighted by Gasteiger charge is -2.28. The lowest BCUT2D eigenvalue weighted by Crippen LogP contribution is -2.45. The number of ether oxygens (including phenoxy) is 2. The SMILES string of the molecule is COc1ccc(OC)c(NC(=O)C(C)N(c2ccc(F)c(F)c2)S(C)(=O)=O)c1. The second-order valence-corrected chi connectivity index (χ2v) is 7.75. The van der Waals surface area contributed by atoms with Crippen molar-refractivity contribution in [2.24, 2.45) is 0 Å². The highest BCUT2D eigenvalue weighted by Gasteiger charge is 2.30. The first-order valence-electron chi connectivity index (χ1n) is 8.05. The summed E-state index contributed by atoms with van der Waals surface area (Å²) in [4.78, 5) is 12.7. The van der Waals surface area contributed by atoms with E-state index in [0.717, 1.165) is 18.4 Å². The van der Waals surface area contributed by atoms with E-state index in [1.54, 1.807) is 12.1 Å². The van der Waals surface area contributed by atoms with E-state index in [2.05, 4.69) is 5.32 Å². The molecule has 0 heterocycles. The molecule has 10 heteroatoms. The number of halogens is 2. The highest BCUT2D eigenvalue weighted by molar-refractivity contribution is 7.92. The number of carbonyl (C=O) groups excluding carboxylic acids is 1. The minimum Gasteiger partial charge on any atom is -0.497 e. The van der Waals surface area contributed by atoms with Crippen molar-refractivity contribution in [3.63, 3.8) is 0 Å². The van der Waals surface area contributed by atoms with Crippen LogP contribution in [0.2, 0.25) is 0 Å². The maximum atomic E-state index is 13.6. The highest BCUT2D eigenvalue weighted by Crippen LogP contribution is 2.30. The number of anilines is 2. The summed E-state index contributed by atoms with van der Waals surface area (Å²) in [6.07, 6.45) is 0.865. The van der Waals surface area contributed by atoms with Gasteiger partial charge in [0.2, 0.25) is 15.9 Å². The first kappa shape index (κ1) is 21.4. The molecule has 0 bridgehead atoms. The molecule has 152 valence electrons. The van der Waals surface area contributed by atoms with Crippen LogP contribution in [0.4, 0.5) is 20.2 Å². The van der Waals surface area contributed by atoms with Gasteiger partial charge in [-0.15, -0.1) is 0 Å². The Bertz CT molecular complexity index is 982. The van der Waals surface area contributed by atoms with Gasteiger partial charge in [-0.2, -0.15) is 0 Å². The Morgan fingerprint density at radius 3 is 2.29 bits per heavy atom. The van der Waals surface area contributed by atoms with Crippen molar-refractivity contribution in [2.45, 2.75) is 13.0 Å². The molecule has 1 amide bonds. The Kier molecular flexibility index (Phi) is 6.45. The summed E-state index contributed by atoms with van der Waals surface area (Å²) in [7, 11) is -1.13. The molecule has 1 N–H and O–H groups in total. The fourth-order valence-corrected chi connectivity index (χ4v) is 3.75. The van der Waals surface area contributed by atoms with Crippen LogP contribution in [0.3, 0.4) is 0 Å². The first-order valence-corrected chi connectivity index (χ1v) is 9.90. The molecule has 7 nitrogen and oxygen atoms in total. The predicted octanol–water partition coefficient (Wildman–Crippen LogP) is 2.78. The van der Waals surface area contributed by atoms with Crippen LogP contribution in [0.5, 0.6) is 11.5 Å². The Labute approximate surface area is 161 Å². The third kappa shape index (κ3) is 4.69. The number of benzene rings is 2. The van der Waals surface area contributed by atoms with Gasteiger partial charge < -0.3 is 14.8 Å². The van der Waals surface area contributed by atoms with E-state index in [4.69, 9.17) is 9.47 Å². The summed E-state index contributed by atoms with van der Waals surface area (Å²) in [6.45, 7) is 1.32. The Hall–Kier alpha value is -2.88. The lowest BCUT2D eigenvalue weighted by molar-refractivity contribution is -0.116. The quantitative estimate of drug-likeness (QED) is 0.753. The maximum absolute atomic E-state index is 13.6. The summed E-state index contributed by atoms with van der Waals surface area (Å²) in [6, 6.07) is 6.02. The van der Waals surface area contributed by atoms with Crippen LogP contribution in [0.15, 0.2) is 36.4 Å². The van der Waals surface area contributed by atoms with Gasteiger partial charge in [-0.25, -0.2) is 17.2 Å². The zero-order chi connectivity index (χ0) is 21.1. The van der Waals surface area contributed by atoms with Crippen molar-refractivity contribution in [1.82, 2.24) is 0 Å². The number of nitrogens with zero attached hydrogens (tertiary/aromatic N) is 1. The molecule has 0 saturated heterocycles. The number of hydrogen-bond acceptors (Lipinski definition) is 5. The normalized spacial score (nSPS) is 12.2. The first-order chi connectivity index (χ1) is 13.1. The third-order valence-electron chi connectivity index (χ3n) is 3.91. The number of carbonyl (C=O) groups is 1. The van der Waals surface area contributed by atoms with Gasteiger partial charge >= 0.3 is 0 Å². The van der Waals surface area contributed by atoms with Crippen LogP contribution >= 0.6 is 0 Å². The summed E-state index contributed by atoms with van der Waals surface area (Å²) in [5.74, 6) is -2.28. The van der Waals surface area contributed by atoms with E-state index in [0.29, 0.717) is 21.9 Å². The van der Waals surface area contributed by atoms with Crippen LogP contribution in [0.1, 0.15) is 6.92 Å². The van der Waals surface area contributed by atoms with Crippen LogP contribution in [-0.2, 0) is 14.8 Å². The van der Waals surface area contributed by atoms with Crippen LogP contribution < -0.4 is 19.1 Å². The summed E-state index contributed by atoms with van der Waals surface area (Å²) in [5.41, 5.74) is 0.0825. The van der Waals surface area contributed by atoms with E-state index in [9.17, 15) is 22.0 Å². The second kappa shape index (κ2) is 8.42. The van der Waals surface area contributed by atoms with Crippen LogP contribution in [0, 0.1) is 11.6 Å². The van der Waals surface area contributed by atoms with Gasteiger partial charge in [-0.3, -0.25) is 9.10 Å². The monoisotopic (exact) mass is 414 g/mol. The molecule has 0 fully saturated rings. The summed E-state index contributed by atoms with van der Waals surface area (Å²) < 4.78 is 62.3. The Morgan fingerprint density at radius 2 is 1.75 bits per heavy atom. The molecule has 2 aromatic carbocycles. The minimum absolute atomic E-state index is 0.179. The van der Waals surface area contributed by atoms with Gasteiger partial charge in [0.05, 0.1) is 31.9 Å². The highest BCUT2D eigenvalue weighted by atomic mass is 32.2.